The van der Waals surface area contributed by atoms with Gasteiger partial charge in [0.05, 0.1) is 5.56 Å². The van der Waals surface area contributed by atoms with Crippen LogP contribution in [0.2, 0.25) is 0 Å². The Hall–Kier alpha value is -2.18. The fraction of sp³-hybridized carbons (Fsp3) is 0.333. The van der Waals surface area contributed by atoms with Gasteiger partial charge >= 0.3 is 5.97 Å². The zero-order chi connectivity index (χ0) is 14.6. The Morgan fingerprint density at radius 3 is 2.26 bits per heavy atom. The van der Waals surface area contributed by atoms with Crippen LogP contribution in [0.5, 0.6) is 0 Å². The van der Waals surface area contributed by atoms with E-state index in [1.807, 2.05) is 0 Å². The third kappa shape index (κ3) is 3.64. The highest BCUT2D eigenvalue weighted by Gasteiger charge is 2.18. The van der Waals surface area contributed by atoms with E-state index in [1.165, 1.54) is 19.0 Å². The van der Waals surface area contributed by atoms with Gasteiger partial charge in [0.15, 0.2) is 0 Å². The number of rotatable bonds is 5. The van der Waals surface area contributed by atoms with Crippen molar-refractivity contribution in [2.75, 3.05) is 25.5 Å². The van der Waals surface area contributed by atoms with Gasteiger partial charge in [-0.1, -0.05) is 0 Å². The highest BCUT2D eigenvalue weighted by Crippen LogP contribution is 2.24. The Labute approximate surface area is 108 Å². The van der Waals surface area contributed by atoms with Crippen molar-refractivity contribution in [3.63, 3.8) is 0 Å². The quantitative estimate of drug-likeness (QED) is 0.846. The first kappa shape index (κ1) is 14.9. The van der Waals surface area contributed by atoms with Crippen LogP contribution in [0.15, 0.2) is 12.1 Å². The molecule has 0 saturated carbocycles. The standard InChI is InChI=1S/C12H14F2N2O3/c1-15-10(17)3-4-16(2)11-8(13)5-7(12(18)19)6-9(11)14/h5-6H,3-4H2,1-2H3,(H,15,17)(H,18,19). The normalized spacial score (nSPS) is 10.1. The van der Waals surface area contributed by atoms with E-state index in [-0.39, 0.29) is 24.6 Å². The van der Waals surface area contributed by atoms with Gasteiger partial charge in [-0.25, -0.2) is 13.6 Å². The van der Waals surface area contributed by atoms with Gasteiger partial charge in [-0.2, -0.15) is 0 Å². The number of carbonyl (C=O) groups is 2. The number of hydrogen-bond acceptors (Lipinski definition) is 3. The average Bonchev–Trinajstić information content (AvgIpc) is 2.34. The molecule has 0 aliphatic carbocycles. The van der Waals surface area contributed by atoms with E-state index in [0.29, 0.717) is 0 Å². The smallest absolute Gasteiger partial charge is 0.335 e. The summed E-state index contributed by atoms with van der Waals surface area (Å²) in [6.07, 6.45) is 0.0760. The summed E-state index contributed by atoms with van der Waals surface area (Å²) in [6.45, 7) is 0.111. The van der Waals surface area contributed by atoms with Crippen molar-refractivity contribution in [1.29, 1.82) is 0 Å². The third-order valence-electron chi connectivity index (χ3n) is 2.60. The van der Waals surface area contributed by atoms with Crippen molar-refractivity contribution in [1.82, 2.24) is 5.32 Å². The molecule has 0 aliphatic rings. The number of carboxylic acid groups (broad SMARTS) is 1. The first-order valence-electron chi connectivity index (χ1n) is 5.51. The van der Waals surface area contributed by atoms with Crippen molar-refractivity contribution in [3.05, 3.63) is 29.3 Å². The molecule has 1 aromatic carbocycles. The lowest BCUT2D eigenvalue weighted by Crippen LogP contribution is -2.27. The molecule has 19 heavy (non-hydrogen) atoms. The first-order chi connectivity index (χ1) is 8.86. The molecular formula is C12H14F2N2O3. The zero-order valence-electron chi connectivity index (χ0n) is 10.5. The number of halogens is 2. The molecule has 0 unspecified atom stereocenters. The van der Waals surface area contributed by atoms with Gasteiger partial charge < -0.3 is 15.3 Å². The Kier molecular flexibility index (Phi) is 4.80. The minimum atomic E-state index is -1.41. The number of hydrogen-bond donors (Lipinski definition) is 2. The van der Waals surface area contributed by atoms with Crippen LogP contribution in [0, 0.1) is 11.6 Å². The Balaban J connectivity index is 2.94. The molecule has 1 amide bonds. The molecule has 0 heterocycles. The number of benzene rings is 1. The highest BCUT2D eigenvalue weighted by molar-refractivity contribution is 5.88. The third-order valence-corrected chi connectivity index (χ3v) is 2.60. The lowest BCUT2D eigenvalue weighted by molar-refractivity contribution is -0.120. The van der Waals surface area contributed by atoms with E-state index in [9.17, 15) is 18.4 Å². The van der Waals surface area contributed by atoms with E-state index in [0.717, 1.165) is 12.1 Å². The minimum absolute atomic E-state index is 0.0760. The molecule has 0 spiro atoms. The lowest BCUT2D eigenvalue weighted by Gasteiger charge is -2.20. The highest BCUT2D eigenvalue weighted by atomic mass is 19.1. The Bertz CT molecular complexity index is 483. The number of anilines is 1. The summed E-state index contributed by atoms with van der Waals surface area (Å²) in [6, 6.07) is 1.49. The second-order valence-electron chi connectivity index (χ2n) is 3.94. The number of nitrogens with one attached hydrogen (secondary N) is 1. The fourth-order valence-electron chi connectivity index (χ4n) is 1.56. The molecule has 104 valence electrons. The predicted molar refractivity (Wildman–Crippen MR) is 65.3 cm³/mol. The summed E-state index contributed by atoms with van der Waals surface area (Å²) in [5.74, 6) is -3.61. The van der Waals surface area contributed by atoms with Crippen LogP contribution < -0.4 is 10.2 Å². The number of carbonyl (C=O) groups excluding carboxylic acids is 1. The molecule has 1 aromatic rings. The van der Waals surface area contributed by atoms with Crippen LogP contribution in [0.25, 0.3) is 0 Å². The van der Waals surface area contributed by atoms with E-state index < -0.39 is 23.2 Å². The van der Waals surface area contributed by atoms with Crippen LogP contribution in [-0.2, 0) is 4.79 Å². The largest absolute Gasteiger partial charge is 0.478 e. The van der Waals surface area contributed by atoms with E-state index >= 15 is 0 Å². The first-order valence-corrected chi connectivity index (χ1v) is 5.51. The van der Waals surface area contributed by atoms with E-state index in [4.69, 9.17) is 5.11 Å². The van der Waals surface area contributed by atoms with Crippen LogP contribution in [0.4, 0.5) is 14.5 Å². The number of aromatic carboxylic acids is 1. The van der Waals surface area contributed by atoms with Gasteiger partial charge in [0, 0.05) is 27.1 Å². The van der Waals surface area contributed by atoms with Crippen LogP contribution >= 0.6 is 0 Å². The number of carboxylic acids is 1. The molecule has 2 N–H and O–H groups in total. The van der Waals surface area contributed by atoms with Gasteiger partial charge in [0.1, 0.15) is 17.3 Å². The van der Waals surface area contributed by atoms with Gasteiger partial charge in [-0.3, -0.25) is 4.79 Å². The van der Waals surface area contributed by atoms with Crippen molar-refractivity contribution in [2.45, 2.75) is 6.42 Å². The molecule has 0 aliphatic heterocycles. The summed E-state index contributed by atoms with van der Waals surface area (Å²) in [7, 11) is 2.88. The van der Waals surface area contributed by atoms with Gasteiger partial charge in [-0.05, 0) is 12.1 Å². The van der Waals surface area contributed by atoms with Gasteiger partial charge in [0.25, 0.3) is 0 Å². The summed E-state index contributed by atoms with van der Waals surface area (Å²) in [4.78, 5) is 22.9. The summed E-state index contributed by atoms with van der Waals surface area (Å²) >= 11 is 0. The lowest BCUT2D eigenvalue weighted by atomic mass is 10.1. The molecule has 0 atom stereocenters. The molecule has 0 radical (unpaired) electrons. The number of amides is 1. The van der Waals surface area contributed by atoms with E-state index in [2.05, 4.69) is 5.32 Å². The second kappa shape index (κ2) is 6.12. The fourth-order valence-corrected chi connectivity index (χ4v) is 1.56. The van der Waals surface area contributed by atoms with Crippen molar-refractivity contribution in [3.8, 4) is 0 Å². The average molecular weight is 272 g/mol. The van der Waals surface area contributed by atoms with Crippen LogP contribution in [-0.4, -0.2) is 37.6 Å². The molecule has 0 fully saturated rings. The zero-order valence-corrected chi connectivity index (χ0v) is 10.5. The van der Waals surface area contributed by atoms with Crippen LogP contribution in [0.1, 0.15) is 16.8 Å². The van der Waals surface area contributed by atoms with Gasteiger partial charge in [-0.15, -0.1) is 0 Å². The molecule has 1 rings (SSSR count). The Morgan fingerprint density at radius 2 is 1.84 bits per heavy atom. The molecule has 5 nitrogen and oxygen atoms in total. The van der Waals surface area contributed by atoms with Crippen molar-refractivity contribution < 1.29 is 23.5 Å². The Morgan fingerprint density at radius 1 is 1.32 bits per heavy atom. The second-order valence-corrected chi connectivity index (χ2v) is 3.94. The maximum Gasteiger partial charge on any atom is 0.335 e. The molecule has 0 saturated heterocycles. The van der Waals surface area contributed by atoms with Gasteiger partial charge in [0.2, 0.25) is 5.91 Å². The molecular weight excluding hydrogens is 258 g/mol. The molecule has 0 bridgehead atoms. The summed E-state index contributed by atoms with van der Waals surface area (Å²) < 4.78 is 27.4. The maximum atomic E-state index is 13.7. The minimum Gasteiger partial charge on any atom is -0.478 e. The molecule has 7 heteroatoms. The summed E-state index contributed by atoms with van der Waals surface area (Å²) in [5, 5.41) is 11.1. The summed E-state index contributed by atoms with van der Waals surface area (Å²) in [5.41, 5.74) is -0.813. The molecule has 0 aromatic heterocycles. The maximum absolute atomic E-state index is 13.7. The predicted octanol–water partition coefficient (Wildman–Crippen LogP) is 1.24. The van der Waals surface area contributed by atoms with E-state index in [1.54, 1.807) is 0 Å². The topological polar surface area (TPSA) is 69.6 Å². The van der Waals surface area contributed by atoms with Crippen LogP contribution in [0.3, 0.4) is 0 Å². The SMILES string of the molecule is CNC(=O)CCN(C)c1c(F)cc(C(=O)O)cc1F. The van der Waals surface area contributed by atoms with Crippen molar-refractivity contribution in [2.24, 2.45) is 0 Å². The monoisotopic (exact) mass is 272 g/mol. The number of nitrogens with zero attached hydrogens (tertiary/aromatic N) is 1. The van der Waals surface area contributed by atoms with Crippen molar-refractivity contribution >= 4 is 17.6 Å².